The van der Waals surface area contributed by atoms with Crippen molar-refractivity contribution < 1.29 is 9.59 Å². The monoisotopic (exact) mass is 1680 g/mol. The van der Waals surface area contributed by atoms with E-state index in [2.05, 4.69) is 294 Å². The number of carbonyl (C=O) groups is 2. The van der Waals surface area contributed by atoms with Gasteiger partial charge in [0, 0.05) is 191 Å². The van der Waals surface area contributed by atoms with Crippen molar-refractivity contribution in [3.05, 3.63) is 58.2 Å². The first-order valence-electron chi connectivity index (χ1n) is 49.9. The number of benzene rings is 1. The summed E-state index contributed by atoms with van der Waals surface area (Å²) in [5, 5.41) is 0. The number of piperidine rings is 1. The number of carbonyl (C=O) groups excluding carboxylic acids is 2. The van der Waals surface area contributed by atoms with Crippen LogP contribution in [0.1, 0.15) is 413 Å². The molecule has 1 aliphatic carbocycles. The average Bonchev–Trinajstić information content (AvgIpc) is 1.01. The first-order valence-corrected chi connectivity index (χ1v) is 49.9. The molecule has 10 rings (SSSR count). The fourth-order valence-electron chi connectivity index (χ4n) is 17.1. The predicted octanol–water partition coefficient (Wildman–Crippen LogP) is 25.4. The van der Waals surface area contributed by atoms with Gasteiger partial charge in [-0.2, -0.15) is 0 Å². The van der Waals surface area contributed by atoms with Crippen LogP contribution in [-0.4, -0.2) is 222 Å². The summed E-state index contributed by atoms with van der Waals surface area (Å²) in [4.78, 5) is 54.1. The van der Waals surface area contributed by atoms with Gasteiger partial charge in [-0.1, -0.05) is 188 Å². The number of rotatable bonds is 13. The highest BCUT2D eigenvalue weighted by atomic mass is 16.1. The van der Waals surface area contributed by atoms with Gasteiger partial charge >= 0.3 is 0 Å². The summed E-state index contributed by atoms with van der Waals surface area (Å²) < 4.78 is 0. The van der Waals surface area contributed by atoms with Gasteiger partial charge in [0.15, 0.2) is 0 Å². The topological polar surface area (TPSA) is 89.1 Å². The molecule has 7 aliphatic heterocycles. The van der Waals surface area contributed by atoms with Crippen LogP contribution in [0.25, 0.3) is 0 Å². The zero-order valence-electron chi connectivity index (χ0n) is 88.2. The first-order chi connectivity index (χ1) is 55.2. The third-order valence-corrected chi connectivity index (χ3v) is 27.2. The minimum Gasteiger partial charge on any atom is -0.301 e. The summed E-state index contributed by atoms with van der Waals surface area (Å²) in [5.41, 5.74) is 9.88. The molecule has 1 aromatic carbocycles. The smallest absolute Gasteiger partial charge is 0.138 e. The molecule has 0 radical (unpaired) electrons. The molecule has 1 saturated carbocycles. The second kappa shape index (κ2) is 53.9. The summed E-state index contributed by atoms with van der Waals surface area (Å²) in [6.45, 7) is 114. The molecule has 8 heterocycles. The Hall–Kier alpha value is -2.72. The Morgan fingerprint density at radius 2 is 0.767 bits per heavy atom. The van der Waals surface area contributed by atoms with Crippen LogP contribution < -0.4 is 0 Å². The Balaban J connectivity index is 0.000000672. The second-order valence-corrected chi connectivity index (χ2v) is 47.2. The zero-order valence-corrected chi connectivity index (χ0v) is 88.2. The predicted molar refractivity (Wildman–Crippen MR) is 530 cm³/mol. The maximum atomic E-state index is 11.1. The molecule has 1 aromatic heterocycles. The van der Waals surface area contributed by atoms with Gasteiger partial charge in [0.25, 0.3) is 0 Å². The van der Waals surface area contributed by atoms with Gasteiger partial charge in [0.05, 0.1) is 0 Å². The van der Waals surface area contributed by atoms with Crippen molar-refractivity contribution in [2.24, 2.45) is 45.8 Å². The molecule has 704 valence electrons. The number of likely N-dealkylation sites (N-methyl/N-ethyl adjacent to an activating group) is 1. The number of Topliss-reactive ketones (excluding diaryl/α,β-unsaturated/α-hetero) is 2. The number of hydrogen-bond acceptors (Lipinski definition) is 13. The molecular weight excluding hydrogens is 1470 g/mol. The van der Waals surface area contributed by atoms with E-state index < -0.39 is 0 Å². The van der Waals surface area contributed by atoms with E-state index in [0.29, 0.717) is 56.6 Å². The minimum absolute atomic E-state index is 0.129. The van der Waals surface area contributed by atoms with E-state index in [1.807, 2.05) is 61.6 Å². The standard InChI is InChI=1S/C15H23N.C14H23N3.C12H24.C11H24N2.C11H23N.C10H22N2.C10H21N.C9H19N.C8H16O.C7H14O/c1-5-12-6-7-14-11-16(15(2,3)4)9-8-13(14)10-12;1-5-6-13-15-9-11-10-17(14(2,3)4)8-7-12(11)16-13;1-5-10-6-8-11(9-7-10)12(2,3)4;1-5-6-12-7-9-13(10-8-12)11(2,3)4;1-5-10-6-8-12(9-7-10)11(2,3)4;1-5-11-6-8-12(9-7-11)10(2,3)4;1-5-9-6-7-11(8-9)10(2,3)4;1-5-8-6-10(7-8)9(2,3)4;1-5-6-7(9)8(2,3)4;1-5-6(8)7(2,3)4/h6-7,10H,5,8-9,11H2,1-4H3;9H,5-8,10H2,1-4H3;10-11H,5-9H2,1-4H3;5-10H2,1-4H3;10H,5-9H2,1-4H3;5-9H2,1-4H3;9H,5-8H2,1-4H3;8H,5-7H2,1-4H3;5-6H2,1-4H3;5H2,1-4H3. The minimum atomic E-state index is -0.130. The van der Waals surface area contributed by atoms with Crippen LogP contribution in [0.3, 0.4) is 0 Å². The highest BCUT2D eigenvalue weighted by molar-refractivity contribution is 5.83. The van der Waals surface area contributed by atoms with Crippen LogP contribution >= 0.6 is 0 Å². The van der Waals surface area contributed by atoms with Crippen LogP contribution in [0.15, 0.2) is 24.4 Å². The van der Waals surface area contributed by atoms with E-state index in [0.717, 1.165) is 93.6 Å². The van der Waals surface area contributed by atoms with Crippen molar-refractivity contribution in [1.29, 1.82) is 0 Å². The fourth-order valence-corrected chi connectivity index (χ4v) is 17.1. The molecule has 5 saturated heterocycles. The highest BCUT2D eigenvalue weighted by Gasteiger charge is 2.36. The largest absolute Gasteiger partial charge is 0.301 e. The number of ketones is 2. The van der Waals surface area contributed by atoms with Crippen molar-refractivity contribution in [1.82, 2.24) is 54.1 Å². The molecule has 1 unspecified atom stereocenters. The van der Waals surface area contributed by atoms with Gasteiger partial charge in [-0.3, -0.25) is 43.9 Å². The molecule has 0 N–H and O–H groups in total. The summed E-state index contributed by atoms with van der Waals surface area (Å²) in [6.07, 6.45) is 26.8. The molecule has 120 heavy (non-hydrogen) atoms. The Morgan fingerprint density at radius 1 is 0.367 bits per heavy atom. The third-order valence-electron chi connectivity index (χ3n) is 27.2. The summed E-state index contributed by atoms with van der Waals surface area (Å²) in [7, 11) is 0. The van der Waals surface area contributed by atoms with Gasteiger partial charge in [-0.05, 0) is 294 Å². The van der Waals surface area contributed by atoms with Crippen LogP contribution in [0.5, 0.6) is 0 Å². The first kappa shape index (κ1) is 115. The van der Waals surface area contributed by atoms with E-state index in [1.165, 1.54) is 217 Å². The molecule has 0 spiro atoms. The molecule has 6 fully saturated rings. The normalized spacial score (nSPS) is 21.0. The number of aromatic nitrogens is 2. The van der Waals surface area contributed by atoms with Crippen LogP contribution in [0, 0.1) is 45.8 Å². The van der Waals surface area contributed by atoms with Gasteiger partial charge in [0.2, 0.25) is 0 Å². The summed E-state index contributed by atoms with van der Waals surface area (Å²) in [6, 6.07) is 7.01. The van der Waals surface area contributed by atoms with Crippen LogP contribution in [0.2, 0.25) is 0 Å². The van der Waals surface area contributed by atoms with E-state index >= 15 is 0 Å². The maximum Gasteiger partial charge on any atom is 0.138 e. The third kappa shape index (κ3) is 45.8. The highest BCUT2D eigenvalue weighted by Crippen LogP contribution is 2.41. The van der Waals surface area contributed by atoms with Crippen molar-refractivity contribution in [2.75, 3.05) is 118 Å². The molecule has 13 nitrogen and oxygen atoms in total. The Kier molecular flexibility index (Phi) is 51.8. The van der Waals surface area contributed by atoms with Gasteiger partial charge in [0.1, 0.15) is 17.4 Å². The van der Waals surface area contributed by atoms with Crippen molar-refractivity contribution >= 4 is 11.6 Å². The van der Waals surface area contributed by atoms with Crippen LogP contribution in [0.4, 0.5) is 0 Å². The number of piperazine rings is 2. The Morgan fingerprint density at radius 3 is 1.12 bits per heavy atom. The quantitative estimate of drug-likeness (QED) is 0.191. The van der Waals surface area contributed by atoms with E-state index in [9.17, 15) is 9.59 Å². The SMILES string of the molecule is CCC(=O)C(C)(C)C.CCC1CCC(C(C)(C)C)CC1.CCC1CCN(C(C)(C)C)C1.CCC1CCN(C(C)(C)C)CC1.CCC1CN(C(C)(C)C)C1.CCCC(=O)C(C)(C)C.CCCN1CCN(C(C)(C)C)CC1.CCCc1ncc2c(n1)CCN(C(C)(C)C)C2.CCN1CCN(C(C)(C)C)CC1.CCc1ccc2c(c1)CCN(C(C)(C)C)C2. The summed E-state index contributed by atoms with van der Waals surface area (Å²) in [5.74, 6) is 6.69. The molecule has 2 aromatic rings. The van der Waals surface area contributed by atoms with Gasteiger partial charge < -0.3 is 9.80 Å². The molecule has 0 bridgehead atoms. The van der Waals surface area contributed by atoms with Gasteiger partial charge in [-0.15, -0.1) is 0 Å². The lowest BCUT2D eigenvalue weighted by atomic mass is 9.69. The van der Waals surface area contributed by atoms with Gasteiger partial charge in [-0.25, -0.2) is 9.97 Å². The second-order valence-electron chi connectivity index (χ2n) is 47.2. The van der Waals surface area contributed by atoms with E-state index in [-0.39, 0.29) is 16.4 Å². The van der Waals surface area contributed by atoms with Crippen molar-refractivity contribution in [2.45, 2.75) is 457 Å². The lowest BCUT2D eigenvalue weighted by molar-refractivity contribution is -0.126. The molecule has 1 atom stereocenters. The maximum absolute atomic E-state index is 11.1. The zero-order chi connectivity index (χ0) is 92.2. The number of hydrogen-bond donors (Lipinski definition) is 0. The summed E-state index contributed by atoms with van der Waals surface area (Å²) >= 11 is 0. The van der Waals surface area contributed by atoms with E-state index in [1.54, 1.807) is 5.56 Å². The number of likely N-dealkylation sites (tertiary alicyclic amines) is 3. The molecular formula is C107H209N11O2. The van der Waals surface area contributed by atoms with Crippen molar-refractivity contribution in [3.8, 4) is 0 Å². The number of nitrogens with zero attached hydrogens (tertiary/aromatic N) is 11. The Labute approximate surface area is 749 Å². The Bertz CT molecular complexity index is 2930. The lowest BCUT2D eigenvalue weighted by Gasteiger charge is -2.47. The molecule has 8 aliphatic rings. The van der Waals surface area contributed by atoms with E-state index in [4.69, 9.17) is 0 Å². The molecule has 13 heteroatoms. The van der Waals surface area contributed by atoms with Crippen LogP contribution in [-0.2, 0) is 48.4 Å². The van der Waals surface area contributed by atoms with Crippen molar-refractivity contribution in [3.63, 3.8) is 0 Å². The number of aryl methyl sites for hydroxylation is 2. The lowest BCUT2D eigenvalue weighted by Crippen LogP contribution is -2.55. The average molecular weight is 1680 g/mol. The molecule has 0 amide bonds. The number of fused-ring (bicyclic) bond motifs is 2. The fraction of sp³-hybridized carbons (Fsp3) is 0.888.